The fraction of sp³-hybridized carbons (Fsp3) is 0.650. The van der Waals surface area contributed by atoms with Crippen LogP contribution in [0.25, 0.3) is 0 Å². The molecule has 26 heavy (non-hydrogen) atoms. The molecule has 0 radical (unpaired) electrons. The summed E-state index contributed by atoms with van der Waals surface area (Å²) in [6, 6.07) is 8.18. The molecule has 0 unspecified atom stereocenters. The number of likely N-dealkylation sites (tertiary alicyclic amines) is 2. The number of carbonyl (C=O) groups excluding carboxylic acids is 1. The monoisotopic (exact) mass is 361 g/mol. The Morgan fingerprint density at radius 1 is 1.19 bits per heavy atom. The van der Waals surface area contributed by atoms with Crippen LogP contribution in [-0.4, -0.2) is 75.2 Å². The highest BCUT2D eigenvalue weighted by Gasteiger charge is 2.38. The molecule has 0 saturated carbocycles. The summed E-state index contributed by atoms with van der Waals surface area (Å²) in [7, 11) is 3.60. The maximum atomic E-state index is 12.3. The average Bonchev–Trinajstić information content (AvgIpc) is 2.67. The average molecular weight is 361 g/mol. The van der Waals surface area contributed by atoms with E-state index in [1.54, 1.807) is 7.11 Å². The lowest BCUT2D eigenvalue weighted by atomic mass is 9.83. The lowest BCUT2D eigenvalue weighted by Gasteiger charge is -2.47. The Morgan fingerprint density at radius 3 is 2.77 bits per heavy atom. The molecule has 1 aromatic rings. The minimum Gasteiger partial charge on any atom is -0.493 e. The van der Waals surface area contributed by atoms with E-state index in [4.69, 9.17) is 9.47 Å². The van der Waals surface area contributed by atoms with Gasteiger partial charge in [0.1, 0.15) is 6.61 Å². The first kappa shape index (κ1) is 19.0. The van der Waals surface area contributed by atoms with Crippen molar-refractivity contribution >= 4 is 5.91 Å². The summed E-state index contributed by atoms with van der Waals surface area (Å²) in [6.45, 7) is 5.34. The number of hydrogen-bond donors (Lipinski definition) is 1. The van der Waals surface area contributed by atoms with Crippen LogP contribution in [0.15, 0.2) is 24.3 Å². The predicted octanol–water partition coefficient (Wildman–Crippen LogP) is 1.61. The topological polar surface area (TPSA) is 54.0 Å². The third-order valence-corrected chi connectivity index (χ3v) is 5.56. The number of benzene rings is 1. The number of methoxy groups -OCH3 is 1. The van der Waals surface area contributed by atoms with Crippen LogP contribution in [0.4, 0.5) is 0 Å². The highest BCUT2D eigenvalue weighted by Crippen LogP contribution is 2.31. The van der Waals surface area contributed by atoms with Gasteiger partial charge in [-0.2, -0.15) is 0 Å². The Kier molecular flexibility index (Phi) is 6.74. The van der Waals surface area contributed by atoms with E-state index in [0.717, 1.165) is 57.1 Å². The Bertz CT molecular complexity index is 595. The minimum atomic E-state index is 0.328. The van der Waals surface area contributed by atoms with E-state index in [2.05, 4.69) is 15.1 Å². The van der Waals surface area contributed by atoms with Gasteiger partial charge in [0.2, 0.25) is 5.91 Å². The smallest absolute Gasteiger partial charge is 0.222 e. The molecule has 2 atom stereocenters. The van der Waals surface area contributed by atoms with Gasteiger partial charge in [-0.25, -0.2) is 0 Å². The van der Waals surface area contributed by atoms with Crippen LogP contribution >= 0.6 is 0 Å². The third kappa shape index (κ3) is 4.48. The summed E-state index contributed by atoms with van der Waals surface area (Å²) in [6.07, 6.45) is 2.77. The number of ether oxygens (including phenoxy) is 2. The molecular formula is C20H31N3O3. The Morgan fingerprint density at radius 2 is 2.00 bits per heavy atom. The minimum absolute atomic E-state index is 0.328. The van der Waals surface area contributed by atoms with Crippen molar-refractivity contribution in [3.05, 3.63) is 24.3 Å². The summed E-state index contributed by atoms with van der Waals surface area (Å²) in [5.41, 5.74) is 0. The van der Waals surface area contributed by atoms with Gasteiger partial charge < -0.3 is 19.7 Å². The van der Waals surface area contributed by atoms with Crippen LogP contribution in [0.5, 0.6) is 11.5 Å². The molecule has 3 rings (SSSR count). The van der Waals surface area contributed by atoms with E-state index in [1.165, 1.54) is 0 Å². The highest BCUT2D eigenvalue weighted by molar-refractivity contribution is 5.77. The summed E-state index contributed by atoms with van der Waals surface area (Å²) >= 11 is 0. The fourth-order valence-electron chi connectivity index (χ4n) is 4.18. The van der Waals surface area contributed by atoms with E-state index in [1.807, 2.05) is 31.3 Å². The number of rotatable bonds is 8. The number of amides is 1. The van der Waals surface area contributed by atoms with Gasteiger partial charge in [0.15, 0.2) is 11.5 Å². The zero-order valence-electron chi connectivity index (χ0n) is 15.9. The van der Waals surface area contributed by atoms with E-state index in [0.29, 0.717) is 30.9 Å². The number of nitrogens with one attached hydrogen (secondary N) is 1. The van der Waals surface area contributed by atoms with Crippen molar-refractivity contribution in [2.45, 2.75) is 25.3 Å². The van der Waals surface area contributed by atoms with Crippen molar-refractivity contribution in [2.75, 3.05) is 53.5 Å². The molecule has 144 valence electrons. The van der Waals surface area contributed by atoms with Gasteiger partial charge in [0.05, 0.1) is 7.11 Å². The first-order valence-corrected chi connectivity index (χ1v) is 9.65. The number of carbonyl (C=O) groups is 1. The third-order valence-electron chi connectivity index (χ3n) is 5.56. The van der Waals surface area contributed by atoms with Crippen LogP contribution in [-0.2, 0) is 4.79 Å². The molecule has 0 bridgehead atoms. The molecule has 2 heterocycles. The zero-order chi connectivity index (χ0) is 18.4. The Labute approximate surface area is 156 Å². The second-order valence-corrected chi connectivity index (χ2v) is 7.15. The highest BCUT2D eigenvalue weighted by atomic mass is 16.5. The number of hydrogen-bond acceptors (Lipinski definition) is 5. The fourth-order valence-corrected chi connectivity index (χ4v) is 4.18. The van der Waals surface area contributed by atoms with Gasteiger partial charge in [-0.3, -0.25) is 9.69 Å². The van der Waals surface area contributed by atoms with E-state index < -0.39 is 0 Å². The standard InChI is InChI=1S/C20H31N3O3/c1-21-10-12-23-17-9-11-22(15-16(17)7-8-20(23)24)13-14-26-19-6-4-3-5-18(19)25-2/h3-6,16-17,21H,7-15H2,1-2H3/t16-,17+/m0/s1. The molecule has 2 aliphatic rings. The molecule has 0 spiro atoms. The number of nitrogens with zero attached hydrogens (tertiary/aromatic N) is 2. The largest absolute Gasteiger partial charge is 0.493 e. The van der Waals surface area contributed by atoms with Crippen molar-refractivity contribution < 1.29 is 14.3 Å². The Hall–Kier alpha value is -1.79. The molecule has 1 aromatic carbocycles. The first-order chi connectivity index (χ1) is 12.7. The maximum absolute atomic E-state index is 12.3. The van der Waals surface area contributed by atoms with Crippen LogP contribution in [0.2, 0.25) is 0 Å². The summed E-state index contributed by atoms with van der Waals surface area (Å²) in [4.78, 5) is 16.9. The van der Waals surface area contributed by atoms with Crippen molar-refractivity contribution in [1.82, 2.24) is 15.1 Å². The number of likely N-dealkylation sites (N-methyl/N-ethyl adjacent to an activating group) is 1. The van der Waals surface area contributed by atoms with Crippen LogP contribution in [0, 0.1) is 5.92 Å². The Balaban J connectivity index is 1.48. The van der Waals surface area contributed by atoms with Crippen molar-refractivity contribution in [3.63, 3.8) is 0 Å². The van der Waals surface area contributed by atoms with Gasteiger partial charge in [-0.1, -0.05) is 12.1 Å². The quantitative estimate of drug-likeness (QED) is 0.762. The van der Waals surface area contributed by atoms with Gasteiger partial charge >= 0.3 is 0 Å². The van der Waals surface area contributed by atoms with Crippen molar-refractivity contribution in [2.24, 2.45) is 5.92 Å². The van der Waals surface area contributed by atoms with E-state index in [9.17, 15) is 4.79 Å². The number of piperidine rings is 2. The first-order valence-electron chi connectivity index (χ1n) is 9.65. The van der Waals surface area contributed by atoms with E-state index >= 15 is 0 Å². The van der Waals surface area contributed by atoms with Gasteiger partial charge in [0, 0.05) is 45.2 Å². The second kappa shape index (κ2) is 9.24. The van der Waals surface area contributed by atoms with Gasteiger partial charge in [-0.05, 0) is 37.9 Å². The molecule has 1 amide bonds. The number of para-hydroxylation sites is 2. The molecule has 2 saturated heterocycles. The molecule has 2 aliphatic heterocycles. The zero-order valence-corrected chi connectivity index (χ0v) is 15.9. The summed E-state index contributed by atoms with van der Waals surface area (Å²) in [5, 5.41) is 3.16. The maximum Gasteiger partial charge on any atom is 0.222 e. The van der Waals surface area contributed by atoms with Crippen molar-refractivity contribution in [3.8, 4) is 11.5 Å². The SMILES string of the molecule is CNCCN1C(=O)CC[C@H]2CN(CCOc3ccccc3OC)CC[C@H]21. The summed E-state index contributed by atoms with van der Waals surface area (Å²) in [5.74, 6) is 2.49. The van der Waals surface area contributed by atoms with Crippen LogP contribution in [0.1, 0.15) is 19.3 Å². The normalized spacial score (nSPS) is 23.6. The summed E-state index contributed by atoms with van der Waals surface area (Å²) < 4.78 is 11.3. The van der Waals surface area contributed by atoms with Crippen LogP contribution in [0.3, 0.4) is 0 Å². The molecule has 0 aromatic heterocycles. The molecule has 6 heteroatoms. The van der Waals surface area contributed by atoms with E-state index in [-0.39, 0.29) is 0 Å². The molecular weight excluding hydrogens is 330 g/mol. The van der Waals surface area contributed by atoms with Crippen LogP contribution < -0.4 is 14.8 Å². The van der Waals surface area contributed by atoms with Crippen molar-refractivity contribution in [1.29, 1.82) is 0 Å². The number of fused-ring (bicyclic) bond motifs is 1. The lowest BCUT2D eigenvalue weighted by Crippen LogP contribution is -2.57. The van der Waals surface area contributed by atoms with Gasteiger partial charge in [-0.15, -0.1) is 0 Å². The second-order valence-electron chi connectivity index (χ2n) is 7.15. The van der Waals surface area contributed by atoms with Gasteiger partial charge in [0.25, 0.3) is 0 Å². The molecule has 6 nitrogen and oxygen atoms in total. The molecule has 0 aliphatic carbocycles. The molecule has 2 fully saturated rings. The predicted molar refractivity (Wildman–Crippen MR) is 102 cm³/mol. The molecule has 1 N–H and O–H groups in total. The lowest BCUT2D eigenvalue weighted by molar-refractivity contribution is -0.141.